The molecule has 0 atom stereocenters. The molecule has 2 aromatic rings. The van der Waals surface area contributed by atoms with Crippen molar-refractivity contribution in [2.24, 2.45) is 17.8 Å². The maximum atomic E-state index is 13.3. The third kappa shape index (κ3) is 3.27. The van der Waals surface area contributed by atoms with Crippen LogP contribution in [-0.4, -0.2) is 11.1 Å². The maximum absolute atomic E-state index is 13.3. The van der Waals surface area contributed by atoms with Gasteiger partial charge in [-0.15, -0.1) is 0 Å². The first-order chi connectivity index (χ1) is 13.9. The van der Waals surface area contributed by atoms with E-state index in [0.29, 0.717) is 16.3 Å². The van der Waals surface area contributed by atoms with E-state index < -0.39 is 5.24 Å². The van der Waals surface area contributed by atoms with E-state index in [4.69, 9.17) is 24.2 Å². The van der Waals surface area contributed by atoms with E-state index in [-0.39, 0.29) is 11.3 Å². The second kappa shape index (κ2) is 7.10. The number of hydrogen-bond acceptors (Lipinski definition) is 3. The monoisotopic (exact) mass is 424 g/mol. The van der Waals surface area contributed by atoms with Gasteiger partial charge >= 0.3 is 0 Å². The zero-order valence-electron chi connectivity index (χ0n) is 16.1. The molecule has 0 N–H and O–H groups in total. The maximum Gasteiger partial charge on any atom is 0.263 e. The van der Waals surface area contributed by atoms with Gasteiger partial charge in [-0.3, -0.25) is 9.69 Å². The molecule has 4 fully saturated rings. The van der Waals surface area contributed by atoms with E-state index in [1.54, 1.807) is 24.3 Å². The lowest BCUT2D eigenvalue weighted by Crippen LogP contribution is -2.49. The summed E-state index contributed by atoms with van der Waals surface area (Å²) in [6.07, 6.45) is 7.50. The minimum atomic E-state index is -0.665. The van der Waals surface area contributed by atoms with Gasteiger partial charge in [0.25, 0.3) is 5.91 Å². The predicted octanol–water partition coefficient (Wildman–Crippen LogP) is 6.12. The van der Waals surface area contributed by atoms with Crippen molar-refractivity contribution < 1.29 is 9.59 Å². The zero-order valence-corrected chi connectivity index (χ0v) is 17.7. The van der Waals surface area contributed by atoms with Crippen molar-refractivity contribution in [3.63, 3.8) is 0 Å². The SMILES string of the molecule is O=C([S-])N(C(=O)c1ccc(Cl)cc1)c1ccccc1C12CC3CC(CC(C3)C1)C2. The summed E-state index contributed by atoms with van der Waals surface area (Å²) >= 11 is 11.0. The summed E-state index contributed by atoms with van der Waals surface area (Å²) < 4.78 is 0. The summed E-state index contributed by atoms with van der Waals surface area (Å²) in [6, 6.07) is 14.5. The fraction of sp³-hybridized carbons (Fsp3) is 0.417. The van der Waals surface area contributed by atoms with Crippen molar-refractivity contribution in [3.05, 3.63) is 64.7 Å². The molecule has 4 saturated carbocycles. The molecule has 4 aliphatic carbocycles. The average Bonchev–Trinajstić information content (AvgIpc) is 2.67. The molecule has 4 aliphatic rings. The number of anilines is 1. The van der Waals surface area contributed by atoms with E-state index in [9.17, 15) is 9.59 Å². The summed E-state index contributed by atoms with van der Waals surface area (Å²) in [5, 5.41) is -0.117. The summed E-state index contributed by atoms with van der Waals surface area (Å²) in [7, 11) is 0. The molecule has 150 valence electrons. The number of benzene rings is 2. The molecule has 0 aliphatic heterocycles. The Morgan fingerprint density at radius 3 is 2.00 bits per heavy atom. The second-order valence-electron chi connectivity index (χ2n) is 9.13. The molecular weight excluding hydrogens is 402 g/mol. The average molecular weight is 425 g/mol. The van der Waals surface area contributed by atoms with Crippen LogP contribution in [0.15, 0.2) is 48.5 Å². The van der Waals surface area contributed by atoms with Gasteiger partial charge in [-0.25, -0.2) is 0 Å². The Morgan fingerprint density at radius 1 is 0.897 bits per heavy atom. The van der Waals surface area contributed by atoms with Crippen molar-refractivity contribution in [2.45, 2.75) is 43.9 Å². The molecule has 0 unspecified atom stereocenters. The first-order valence-electron chi connectivity index (χ1n) is 10.4. The topological polar surface area (TPSA) is 37.4 Å². The van der Waals surface area contributed by atoms with Crippen molar-refractivity contribution in [2.75, 3.05) is 4.90 Å². The second-order valence-corrected chi connectivity index (χ2v) is 9.91. The fourth-order valence-corrected chi connectivity index (χ4v) is 6.88. The fourth-order valence-electron chi connectivity index (χ4n) is 6.57. The molecule has 0 radical (unpaired) electrons. The van der Waals surface area contributed by atoms with Crippen LogP contribution >= 0.6 is 11.6 Å². The molecule has 29 heavy (non-hydrogen) atoms. The molecule has 5 heteroatoms. The van der Waals surface area contributed by atoms with Crippen LogP contribution in [0.5, 0.6) is 0 Å². The van der Waals surface area contributed by atoms with Gasteiger partial charge in [0.2, 0.25) is 0 Å². The lowest BCUT2D eigenvalue weighted by molar-refractivity contribution is -0.00492. The Hall–Kier alpha value is -1.91. The Labute approximate surface area is 181 Å². The number of para-hydroxylation sites is 1. The lowest BCUT2D eigenvalue weighted by Gasteiger charge is -2.57. The molecule has 3 nitrogen and oxygen atoms in total. The number of halogens is 1. The number of carbonyl (C=O) groups excluding carboxylic acids is 2. The molecule has 2 amide bonds. The zero-order chi connectivity index (χ0) is 20.2. The van der Waals surface area contributed by atoms with Crippen LogP contribution in [0.3, 0.4) is 0 Å². The van der Waals surface area contributed by atoms with Gasteiger partial charge in [0.1, 0.15) is 5.24 Å². The smallest absolute Gasteiger partial charge is 0.263 e. The number of rotatable bonds is 3. The molecule has 4 bridgehead atoms. The van der Waals surface area contributed by atoms with E-state index in [0.717, 1.165) is 42.6 Å². The van der Waals surface area contributed by atoms with Gasteiger partial charge in [0.05, 0.1) is 5.69 Å². The largest absolute Gasteiger partial charge is 0.718 e. The highest BCUT2D eigenvalue weighted by Gasteiger charge is 2.52. The Morgan fingerprint density at radius 2 is 1.45 bits per heavy atom. The third-order valence-electron chi connectivity index (χ3n) is 7.23. The van der Waals surface area contributed by atoms with E-state index in [2.05, 4.69) is 6.07 Å². The van der Waals surface area contributed by atoms with E-state index >= 15 is 0 Å². The lowest BCUT2D eigenvalue weighted by atomic mass is 9.48. The van der Waals surface area contributed by atoms with Crippen LogP contribution in [0.2, 0.25) is 5.02 Å². The summed E-state index contributed by atoms with van der Waals surface area (Å²) in [5.74, 6) is 1.93. The summed E-state index contributed by atoms with van der Waals surface area (Å²) in [5.41, 5.74) is 2.26. The normalized spacial score (nSPS) is 29.6. The van der Waals surface area contributed by atoms with E-state index in [1.165, 1.54) is 24.2 Å². The van der Waals surface area contributed by atoms with Crippen molar-refractivity contribution >= 4 is 41.1 Å². The summed E-state index contributed by atoms with van der Waals surface area (Å²) in [4.78, 5) is 27.0. The Balaban J connectivity index is 1.58. The van der Waals surface area contributed by atoms with Gasteiger partial charge in [0.15, 0.2) is 0 Å². The number of imide groups is 1. The number of hydrogen-bond donors (Lipinski definition) is 0. The number of amides is 2. The van der Waals surface area contributed by atoms with Gasteiger partial charge in [-0.05, 0) is 97.6 Å². The van der Waals surface area contributed by atoms with Crippen LogP contribution in [0.25, 0.3) is 0 Å². The van der Waals surface area contributed by atoms with Crippen LogP contribution in [0, 0.1) is 17.8 Å². The minimum absolute atomic E-state index is 0.0641. The highest BCUT2D eigenvalue weighted by molar-refractivity contribution is 7.77. The molecule has 0 spiro atoms. The predicted molar refractivity (Wildman–Crippen MR) is 117 cm³/mol. The van der Waals surface area contributed by atoms with Gasteiger partial charge in [0, 0.05) is 10.6 Å². The first kappa shape index (κ1) is 19.1. The molecule has 0 aromatic heterocycles. The number of nitrogens with zero attached hydrogens (tertiary/aromatic N) is 1. The molecule has 0 heterocycles. The first-order valence-corrected chi connectivity index (χ1v) is 11.1. The van der Waals surface area contributed by atoms with Crippen LogP contribution in [-0.2, 0) is 18.0 Å². The van der Waals surface area contributed by atoms with Gasteiger partial charge < -0.3 is 17.4 Å². The molecule has 6 rings (SSSR count). The number of carbonyl (C=O) groups is 2. The Bertz CT molecular complexity index is 936. The summed E-state index contributed by atoms with van der Waals surface area (Å²) in [6.45, 7) is 0. The highest BCUT2D eigenvalue weighted by Crippen LogP contribution is 2.61. The Kier molecular flexibility index (Phi) is 4.67. The van der Waals surface area contributed by atoms with Crippen LogP contribution in [0.4, 0.5) is 10.5 Å². The standard InChI is InChI=1S/C24H24ClNO2S/c25-19-7-5-18(6-8-19)22(27)26(23(28)29)21-4-2-1-3-20(21)24-12-15-9-16(13-24)11-17(10-15)14-24/h1-8,15-17H,9-14H2,(H,28,29)/p-1. The third-order valence-corrected chi connectivity index (χ3v) is 7.67. The van der Waals surface area contributed by atoms with Gasteiger partial charge in [-0.1, -0.05) is 29.8 Å². The van der Waals surface area contributed by atoms with Gasteiger partial charge in [-0.2, -0.15) is 0 Å². The van der Waals surface area contributed by atoms with E-state index in [1.807, 2.05) is 18.2 Å². The molecular formula is C24H23ClNO2S-. The molecule has 2 aromatic carbocycles. The molecule has 0 saturated heterocycles. The quantitative estimate of drug-likeness (QED) is 0.557. The van der Waals surface area contributed by atoms with Crippen molar-refractivity contribution in [1.29, 1.82) is 0 Å². The van der Waals surface area contributed by atoms with Crippen LogP contribution in [0.1, 0.15) is 54.4 Å². The van der Waals surface area contributed by atoms with Crippen molar-refractivity contribution in [3.8, 4) is 0 Å². The highest BCUT2D eigenvalue weighted by atomic mass is 35.5. The van der Waals surface area contributed by atoms with Crippen LogP contribution < -0.4 is 4.90 Å². The van der Waals surface area contributed by atoms with Crippen molar-refractivity contribution in [1.82, 2.24) is 0 Å². The minimum Gasteiger partial charge on any atom is -0.718 e.